The zero-order chi connectivity index (χ0) is 17.8. The van der Waals surface area contributed by atoms with Crippen molar-refractivity contribution in [3.05, 3.63) is 82.2 Å². The second kappa shape index (κ2) is 7.32. The van der Waals surface area contributed by atoms with Crippen LogP contribution in [0.15, 0.2) is 69.9 Å². The molecule has 2 atom stereocenters. The van der Waals surface area contributed by atoms with E-state index in [2.05, 4.69) is 5.32 Å². The summed E-state index contributed by atoms with van der Waals surface area (Å²) in [7, 11) is 0. The fraction of sp³-hybridized carbons (Fsp3) is 0.200. The number of hydrogen-bond acceptors (Lipinski definition) is 4. The molecule has 0 spiro atoms. The summed E-state index contributed by atoms with van der Waals surface area (Å²) in [6, 6.07) is 17.5. The van der Waals surface area contributed by atoms with Crippen molar-refractivity contribution in [3.8, 4) is 0 Å². The van der Waals surface area contributed by atoms with Gasteiger partial charge >= 0.3 is 5.63 Å². The molecule has 3 aromatic rings. The van der Waals surface area contributed by atoms with Gasteiger partial charge in [0.1, 0.15) is 11.1 Å². The lowest BCUT2D eigenvalue weighted by Crippen LogP contribution is -2.36. The van der Waals surface area contributed by atoms with E-state index < -0.39 is 17.6 Å². The van der Waals surface area contributed by atoms with Gasteiger partial charge < -0.3 is 14.8 Å². The predicted octanol–water partition coefficient (Wildman–Crippen LogP) is 3.04. The molecule has 2 unspecified atom stereocenters. The van der Waals surface area contributed by atoms with E-state index in [0.29, 0.717) is 17.4 Å². The summed E-state index contributed by atoms with van der Waals surface area (Å²) < 4.78 is 5.18. The molecule has 0 aliphatic heterocycles. The first kappa shape index (κ1) is 16.9. The Morgan fingerprint density at radius 1 is 1.12 bits per heavy atom. The van der Waals surface area contributed by atoms with Gasteiger partial charge in [-0.05, 0) is 31.0 Å². The fourth-order valence-corrected chi connectivity index (χ4v) is 2.73. The van der Waals surface area contributed by atoms with Crippen molar-refractivity contribution < 1.29 is 14.3 Å². The zero-order valence-electron chi connectivity index (χ0n) is 13.8. The maximum Gasteiger partial charge on any atom is 0.349 e. The summed E-state index contributed by atoms with van der Waals surface area (Å²) in [5, 5.41) is 13.7. The molecule has 0 saturated carbocycles. The van der Waals surface area contributed by atoms with Crippen molar-refractivity contribution in [1.82, 2.24) is 5.32 Å². The van der Waals surface area contributed by atoms with E-state index >= 15 is 0 Å². The van der Waals surface area contributed by atoms with Gasteiger partial charge in [-0.3, -0.25) is 4.79 Å². The van der Waals surface area contributed by atoms with E-state index in [0.717, 1.165) is 5.56 Å². The third-order valence-electron chi connectivity index (χ3n) is 4.02. The van der Waals surface area contributed by atoms with Gasteiger partial charge in [0.2, 0.25) is 0 Å². The van der Waals surface area contributed by atoms with Gasteiger partial charge in [0.15, 0.2) is 0 Å². The molecule has 128 valence electrons. The minimum atomic E-state index is -0.690. The minimum Gasteiger partial charge on any atom is -0.422 e. The molecule has 25 heavy (non-hydrogen) atoms. The normalized spacial score (nSPS) is 13.4. The molecule has 1 heterocycles. The molecule has 0 bridgehead atoms. The summed E-state index contributed by atoms with van der Waals surface area (Å²) in [5.41, 5.74) is 0.511. The van der Waals surface area contributed by atoms with Crippen LogP contribution in [0.2, 0.25) is 0 Å². The Morgan fingerprint density at radius 2 is 1.80 bits per heavy atom. The summed E-state index contributed by atoms with van der Waals surface area (Å²) in [4.78, 5) is 24.4. The first-order valence-electron chi connectivity index (χ1n) is 8.11. The van der Waals surface area contributed by atoms with Crippen molar-refractivity contribution in [2.24, 2.45) is 0 Å². The largest absolute Gasteiger partial charge is 0.422 e. The maximum absolute atomic E-state index is 12.4. The maximum atomic E-state index is 12.4. The van der Waals surface area contributed by atoms with E-state index in [1.807, 2.05) is 36.4 Å². The number of aliphatic hydroxyl groups is 1. The van der Waals surface area contributed by atoms with Crippen molar-refractivity contribution in [3.63, 3.8) is 0 Å². The molecular weight excluding hydrogens is 318 g/mol. The molecule has 5 nitrogen and oxygen atoms in total. The van der Waals surface area contributed by atoms with E-state index in [-0.39, 0.29) is 11.6 Å². The number of hydrogen-bond donors (Lipinski definition) is 2. The Bertz CT molecular complexity index is 933. The van der Waals surface area contributed by atoms with Crippen LogP contribution in [0, 0.1) is 0 Å². The first-order valence-corrected chi connectivity index (χ1v) is 8.11. The first-order chi connectivity index (χ1) is 12.0. The van der Waals surface area contributed by atoms with Gasteiger partial charge in [-0.2, -0.15) is 0 Å². The van der Waals surface area contributed by atoms with E-state index in [1.54, 1.807) is 25.1 Å². The lowest BCUT2D eigenvalue weighted by Gasteiger charge is -2.18. The highest BCUT2D eigenvalue weighted by Crippen LogP contribution is 2.18. The highest BCUT2D eigenvalue weighted by molar-refractivity contribution is 5.96. The smallest absolute Gasteiger partial charge is 0.349 e. The van der Waals surface area contributed by atoms with Gasteiger partial charge in [-0.25, -0.2) is 4.79 Å². The number of aliphatic hydroxyl groups excluding tert-OH is 1. The number of nitrogens with one attached hydrogen (secondary N) is 1. The van der Waals surface area contributed by atoms with E-state index in [9.17, 15) is 14.7 Å². The summed E-state index contributed by atoms with van der Waals surface area (Å²) in [6.45, 7) is 1.78. The number of benzene rings is 2. The molecule has 2 N–H and O–H groups in total. The van der Waals surface area contributed by atoms with E-state index in [4.69, 9.17) is 4.42 Å². The van der Waals surface area contributed by atoms with Crippen molar-refractivity contribution in [2.45, 2.75) is 25.5 Å². The Morgan fingerprint density at radius 3 is 2.56 bits per heavy atom. The van der Waals surface area contributed by atoms with E-state index in [1.165, 1.54) is 6.07 Å². The topological polar surface area (TPSA) is 79.5 Å². The number of fused-ring (bicyclic) bond motifs is 1. The molecule has 2 aromatic carbocycles. The molecule has 0 aliphatic carbocycles. The van der Waals surface area contributed by atoms with Crippen molar-refractivity contribution in [2.75, 3.05) is 0 Å². The molecule has 0 fully saturated rings. The van der Waals surface area contributed by atoms with Crippen LogP contribution in [-0.4, -0.2) is 17.1 Å². The van der Waals surface area contributed by atoms with Crippen molar-refractivity contribution in [1.29, 1.82) is 0 Å². The minimum absolute atomic E-state index is 0.0419. The Balaban J connectivity index is 1.71. The number of para-hydroxylation sites is 1. The second-order valence-electron chi connectivity index (χ2n) is 6.02. The van der Waals surface area contributed by atoms with Gasteiger partial charge in [-0.1, -0.05) is 48.5 Å². The van der Waals surface area contributed by atoms with Gasteiger partial charge in [0.25, 0.3) is 5.91 Å². The molecule has 0 aliphatic rings. The predicted molar refractivity (Wildman–Crippen MR) is 95.4 cm³/mol. The summed E-state index contributed by atoms with van der Waals surface area (Å²) in [5.74, 6) is -0.507. The lowest BCUT2D eigenvalue weighted by molar-refractivity contribution is 0.0913. The Hall–Kier alpha value is -2.92. The highest BCUT2D eigenvalue weighted by atomic mass is 16.4. The average Bonchev–Trinajstić information content (AvgIpc) is 2.61. The quantitative estimate of drug-likeness (QED) is 0.701. The third-order valence-corrected chi connectivity index (χ3v) is 4.02. The average molecular weight is 337 g/mol. The lowest BCUT2D eigenvalue weighted by atomic mass is 10.0. The molecular formula is C20H19NO4. The van der Waals surface area contributed by atoms with Crippen LogP contribution >= 0.6 is 0 Å². The molecule has 0 saturated heterocycles. The number of rotatable bonds is 5. The molecule has 1 aromatic heterocycles. The summed E-state index contributed by atoms with van der Waals surface area (Å²) in [6.07, 6.45) is -0.348. The Kier molecular flexibility index (Phi) is 4.95. The molecule has 1 amide bonds. The van der Waals surface area contributed by atoms with Gasteiger partial charge in [-0.15, -0.1) is 0 Å². The zero-order valence-corrected chi connectivity index (χ0v) is 13.8. The molecule has 5 heteroatoms. The number of carbonyl (C=O) groups is 1. The SMILES string of the molecule is CC(CC(O)c1ccccc1)NC(=O)c1cc2ccccc2oc1=O. The monoisotopic (exact) mass is 337 g/mol. The van der Waals surface area contributed by atoms with Crippen LogP contribution in [0.1, 0.15) is 35.4 Å². The second-order valence-corrected chi connectivity index (χ2v) is 6.02. The van der Waals surface area contributed by atoms with Gasteiger partial charge in [0.05, 0.1) is 6.10 Å². The van der Waals surface area contributed by atoms with Gasteiger partial charge in [0, 0.05) is 11.4 Å². The third kappa shape index (κ3) is 3.95. The van der Waals surface area contributed by atoms with Crippen LogP contribution < -0.4 is 10.9 Å². The Labute approximate surface area is 144 Å². The summed E-state index contributed by atoms with van der Waals surface area (Å²) >= 11 is 0. The van der Waals surface area contributed by atoms with Crippen LogP contribution in [0.4, 0.5) is 0 Å². The standard InChI is InChI=1S/C20H19NO4/c1-13(11-17(22)14-7-3-2-4-8-14)21-19(23)16-12-15-9-5-6-10-18(15)25-20(16)24/h2-10,12-13,17,22H,11H2,1H3,(H,21,23). The number of carbonyl (C=O) groups excluding carboxylic acids is 1. The van der Waals surface area contributed by atoms with Crippen LogP contribution in [0.25, 0.3) is 11.0 Å². The molecule has 3 rings (SSSR count). The van der Waals surface area contributed by atoms with Crippen molar-refractivity contribution >= 4 is 16.9 Å². The van der Waals surface area contributed by atoms with Crippen LogP contribution in [-0.2, 0) is 0 Å². The van der Waals surface area contributed by atoms with Crippen LogP contribution in [0.5, 0.6) is 0 Å². The molecule has 0 radical (unpaired) electrons. The van der Waals surface area contributed by atoms with Crippen LogP contribution in [0.3, 0.4) is 0 Å². The highest BCUT2D eigenvalue weighted by Gasteiger charge is 2.18. The fourth-order valence-electron chi connectivity index (χ4n) is 2.73. The number of amides is 1.